The van der Waals surface area contributed by atoms with Crippen LogP contribution in [0.1, 0.15) is 13.8 Å². The topological polar surface area (TPSA) is 130 Å². The molecule has 9 nitrogen and oxygen atoms in total. The fraction of sp³-hybridized carbons (Fsp3) is 0.222. The van der Waals surface area contributed by atoms with Gasteiger partial charge in [0.1, 0.15) is 0 Å². The van der Waals surface area contributed by atoms with Crippen molar-refractivity contribution < 1.29 is 16.8 Å². The quantitative estimate of drug-likeness (QED) is 0.486. The maximum atomic E-state index is 12.1. The molecule has 3 rings (SSSR count). The van der Waals surface area contributed by atoms with Gasteiger partial charge >= 0.3 is 0 Å². The van der Waals surface area contributed by atoms with Gasteiger partial charge in [0, 0.05) is 16.6 Å². The van der Waals surface area contributed by atoms with Gasteiger partial charge in [-0.25, -0.2) is 26.8 Å². The molecule has 0 saturated heterocycles. The summed E-state index contributed by atoms with van der Waals surface area (Å²) in [5, 5.41) is 0.00874. The zero-order chi connectivity index (χ0) is 21.2. The van der Waals surface area contributed by atoms with Gasteiger partial charge in [-0.3, -0.25) is 10.1 Å². The number of anilines is 2. The first kappa shape index (κ1) is 21.0. The Labute approximate surface area is 169 Å². The molecule has 154 valence electrons. The number of hydrogen-bond donors (Lipinski definition) is 3. The Balaban J connectivity index is 2.05. The molecular weight excluding hydrogens is 414 g/mol. The lowest BCUT2D eigenvalue weighted by molar-refractivity contribution is 0.578. The minimum absolute atomic E-state index is 0.288. The van der Waals surface area contributed by atoms with Crippen molar-refractivity contribution in [1.29, 1.82) is 0 Å². The monoisotopic (exact) mass is 435 g/mol. The molecule has 0 amide bonds. The molecule has 0 fully saturated rings. The van der Waals surface area contributed by atoms with E-state index in [0.29, 0.717) is 28.0 Å². The minimum atomic E-state index is -3.57. The summed E-state index contributed by atoms with van der Waals surface area (Å²) in [7, 11) is -7.00. The lowest BCUT2D eigenvalue weighted by atomic mass is 10.1. The summed E-state index contributed by atoms with van der Waals surface area (Å²) in [6.07, 6.45) is 1.06. The van der Waals surface area contributed by atoms with Crippen LogP contribution >= 0.6 is 0 Å². The molecule has 0 atom stereocenters. The van der Waals surface area contributed by atoms with E-state index >= 15 is 0 Å². The first-order valence-corrected chi connectivity index (χ1v) is 12.1. The van der Waals surface area contributed by atoms with E-state index in [9.17, 15) is 16.8 Å². The Morgan fingerprint density at radius 3 is 2.34 bits per heavy atom. The molecule has 2 aromatic carbocycles. The predicted molar refractivity (Wildman–Crippen MR) is 114 cm³/mol. The number of aromatic nitrogens is 2. The Kier molecular flexibility index (Phi) is 5.73. The van der Waals surface area contributed by atoms with Crippen LogP contribution in [0.5, 0.6) is 0 Å². The summed E-state index contributed by atoms with van der Waals surface area (Å²) < 4.78 is 49.6. The van der Waals surface area contributed by atoms with Gasteiger partial charge in [-0.15, -0.1) is 4.83 Å². The van der Waals surface area contributed by atoms with Crippen molar-refractivity contribution in [3.8, 4) is 11.4 Å². The zero-order valence-electron chi connectivity index (χ0n) is 16.0. The molecule has 29 heavy (non-hydrogen) atoms. The summed E-state index contributed by atoms with van der Waals surface area (Å²) in [6, 6.07) is 13.8. The summed E-state index contributed by atoms with van der Waals surface area (Å²) in [6.45, 7) is 3.13. The fourth-order valence-electron chi connectivity index (χ4n) is 2.47. The van der Waals surface area contributed by atoms with Crippen LogP contribution in [0.2, 0.25) is 0 Å². The summed E-state index contributed by atoms with van der Waals surface area (Å²) >= 11 is 0. The van der Waals surface area contributed by atoms with E-state index in [1.165, 1.54) is 0 Å². The number of para-hydroxylation sites is 1. The maximum Gasteiger partial charge on any atom is 0.230 e. The van der Waals surface area contributed by atoms with Gasteiger partial charge in [-0.2, -0.15) is 0 Å². The number of hydrazine groups is 1. The van der Waals surface area contributed by atoms with E-state index < -0.39 is 25.3 Å². The van der Waals surface area contributed by atoms with Crippen LogP contribution in [0.25, 0.3) is 22.3 Å². The molecule has 0 bridgehead atoms. The van der Waals surface area contributed by atoms with Crippen molar-refractivity contribution in [1.82, 2.24) is 14.8 Å². The maximum absolute atomic E-state index is 12.1. The lowest BCUT2D eigenvalue weighted by Gasteiger charge is -2.14. The average molecular weight is 436 g/mol. The fourth-order valence-corrected chi connectivity index (χ4v) is 3.50. The normalized spacial score (nSPS) is 12.3. The average Bonchev–Trinajstić information content (AvgIpc) is 2.64. The van der Waals surface area contributed by atoms with Crippen molar-refractivity contribution in [3.63, 3.8) is 0 Å². The first-order chi connectivity index (χ1) is 13.5. The third-order valence-electron chi connectivity index (χ3n) is 3.96. The molecule has 1 heterocycles. The highest BCUT2D eigenvalue weighted by Crippen LogP contribution is 2.26. The number of sulfonamides is 2. The third kappa shape index (κ3) is 5.19. The van der Waals surface area contributed by atoms with Gasteiger partial charge in [0.15, 0.2) is 11.6 Å². The van der Waals surface area contributed by atoms with Crippen molar-refractivity contribution >= 4 is 42.5 Å². The highest BCUT2D eigenvalue weighted by Gasteiger charge is 2.17. The molecule has 0 aliphatic heterocycles. The molecule has 3 aromatic rings. The second-order valence-electron chi connectivity index (χ2n) is 6.69. The minimum Gasteiger partial charge on any atom is -0.292 e. The second-order valence-corrected chi connectivity index (χ2v) is 10.7. The number of nitrogens with one attached hydrogen (secondary N) is 3. The molecule has 3 N–H and O–H groups in total. The summed E-state index contributed by atoms with van der Waals surface area (Å²) in [5.41, 5.74) is 4.21. The number of benzene rings is 2. The van der Waals surface area contributed by atoms with Crippen LogP contribution < -0.4 is 15.0 Å². The van der Waals surface area contributed by atoms with Crippen LogP contribution in [0.3, 0.4) is 0 Å². The molecule has 0 radical (unpaired) electrons. The Morgan fingerprint density at radius 2 is 1.66 bits per heavy atom. The zero-order valence-corrected chi connectivity index (χ0v) is 17.7. The van der Waals surface area contributed by atoms with Crippen LogP contribution in [0.4, 0.5) is 11.5 Å². The summed E-state index contributed by atoms with van der Waals surface area (Å²) in [5.74, 6) is 0.600. The van der Waals surface area contributed by atoms with Crippen molar-refractivity contribution in [2.75, 3.05) is 16.4 Å². The smallest absolute Gasteiger partial charge is 0.230 e. The van der Waals surface area contributed by atoms with Gasteiger partial charge in [0.2, 0.25) is 20.0 Å². The van der Waals surface area contributed by atoms with Gasteiger partial charge in [-0.1, -0.05) is 24.3 Å². The van der Waals surface area contributed by atoms with E-state index in [4.69, 9.17) is 0 Å². The van der Waals surface area contributed by atoms with Gasteiger partial charge < -0.3 is 0 Å². The first-order valence-electron chi connectivity index (χ1n) is 8.67. The molecule has 0 aliphatic carbocycles. The number of rotatable bonds is 7. The molecular formula is C18H21N5O4S2. The van der Waals surface area contributed by atoms with Crippen molar-refractivity contribution in [2.45, 2.75) is 19.1 Å². The van der Waals surface area contributed by atoms with E-state index in [1.807, 2.05) is 6.07 Å². The van der Waals surface area contributed by atoms with Gasteiger partial charge in [0.05, 0.1) is 17.0 Å². The van der Waals surface area contributed by atoms with Crippen molar-refractivity contribution in [3.05, 3.63) is 48.5 Å². The van der Waals surface area contributed by atoms with E-state index in [1.54, 1.807) is 56.3 Å². The Bertz CT molecular complexity index is 1260. The molecule has 0 saturated carbocycles. The standard InChI is InChI=1S/C18H21N5O4S2/c1-12(2)29(26,27)23-21-18-15-9-4-5-10-16(15)19-17(20-18)13-7-6-8-14(11-13)22-28(3,24)25/h4-12,22-23H,1-3H3,(H,19,20,21). The van der Waals surface area contributed by atoms with Crippen molar-refractivity contribution in [2.24, 2.45) is 0 Å². The predicted octanol–water partition coefficient (Wildman–Crippen LogP) is 2.32. The number of fused-ring (bicyclic) bond motifs is 1. The Hall–Kier alpha value is -2.76. The van der Waals surface area contributed by atoms with Crippen LogP contribution in [-0.2, 0) is 20.0 Å². The highest BCUT2D eigenvalue weighted by atomic mass is 32.2. The van der Waals surface area contributed by atoms with E-state index in [-0.39, 0.29) is 5.82 Å². The molecule has 0 aliphatic rings. The van der Waals surface area contributed by atoms with Crippen LogP contribution in [0.15, 0.2) is 48.5 Å². The third-order valence-corrected chi connectivity index (χ3v) is 6.19. The molecule has 0 spiro atoms. The van der Waals surface area contributed by atoms with E-state index in [2.05, 4.69) is 24.9 Å². The van der Waals surface area contributed by atoms with Gasteiger partial charge in [0.25, 0.3) is 0 Å². The number of hydrogen-bond acceptors (Lipinski definition) is 7. The van der Waals surface area contributed by atoms with Gasteiger partial charge in [-0.05, 0) is 38.1 Å². The molecule has 11 heteroatoms. The number of nitrogens with zero attached hydrogens (tertiary/aromatic N) is 2. The van der Waals surface area contributed by atoms with Crippen LogP contribution in [-0.4, -0.2) is 38.3 Å². The SMILES string of the molecule is CC(C)S(=O)(=O)NNc1nc(-c2cccc(NS(C)(=O)=O)c2)nc2ccccc12. The molecule has 1 aromatic heterocycles. The van der Waals surface area contributed by atoms with E-state index in [0.717, 1.165) is 6.26 Å². The summed E-state index contributed by atoms with van der Waals surface area (Å²) in [4.78, 5) is 11.3. The Morgan fingerprint density at radius 1 is 0.931 bits per heavy atom. The second kappa shape index (κ2) is 7.93. The highest BCUT2D eigenvalue weighted by molar-refractivity contribution is 7.92. The van der Waals surface area contributed by atoms with Crippen LogP contribution in [0, 0.1) is 0 Å². The largest absolute Gasteiger partial charge is 0.292 e. The lowest BCUT2D eigenvalue weighted by Crippen LogP contribution is -2.35. The molecule has 0 unspecified atom stereocenters.